The Bertz CT molecular complexity index is 846. The number of carbonyl (C=O) groups is 1. The first-order chi connectivity index (χ1) is 12.3. The summed E-state index contributed by atoms with van der Waals surface area (Å²) in [6, 6.07) is 12.6. The van der Waals surface area contributed by atoms with Crippen LogP contribution < -0.4 is 14.8 Å². The first kappa shape index (κ1) is 19.8. The SMILES string of the molecule is CCOc1ccc(NS(=O)(=O)c2cccc(C(=O)NCC(C)C)c2)cc1. The van der Waals surface area contributed by atoms with E-state index in [0.29, 0.717) is 36.1 Å². The molecule has 0 unspecified atom stereocenters. The van der Waals surface area contributed by atoms with Gasteiger partial charge in [0.05, 0.1) is 11.5 Å². The quantitative estimate of drug-likeness (QED) is 0.740. The lowest BCUT2D eigenvalue weighted by Crippen LogP contribution is -2.27. The Labute approximate surface area is 154 Å². The second-order valence-corrected chi connectivity index (χ2v) is 7.88. The number of rotatable bonds is 8. The molecule has 0 aromatic heterocycles. The van der Waals surface area contributed by atoms with E-state index in [1.165, 1.54) is 12.1 Å². The molecular weight excluding hydrogens is 352 g/mol. The smallest absolute Gasteiger partial charge is 0.261 e. The minimum Gasteiger partial charge on any atom is -0.494 e. The predicted octanol–water partition coefficient (Wildman–Crippen LogP) is 3.27. The zero-order valence-corrected chi connectivity index (χ0v) is 16.0. The van der Waals surface area contributed by atoms with Crippen molar-refractivity contribution in [2.45, 2.75) is 25.7 Å². The molecule has 2 rings (SSSR count). The molecule has 0 aliphatic heterocycles. The van der Waals surface area contributed by atoms with E-state index in [2.05, 4.69) is 10.0 Å². The summed E-state index contributed by atoms with van der Waals surface area (Å²) >= 11 is 0. The number of nitrogens with one attached hydrogen (secondary N) is 2. The van der Waals surface area contributed by atoms with Crippen LogP contribution in [0.5, 0.6) is 5.75 Å². The molecule has 0 radical (unpaired) electrons. The summed E-state index contributed by atoms with van der Waals surface area (Å²) < 4.78 is 33.0. The standard InChI is InChI=1S/C19H24N2O4S/c1-4-25-17-10-8-16(9-11-17)21-26(23,24)18-7-5-6-15(12-18)19(22)20-13-14(2)3/h5-12,14,21H,4,13H2,1-3H3,(H,20,22). The Kier molecular flexibility index (Phi) is 6.63. The summed E-state index contributed by atoms with van der Waals surface area (Å²) in [5, 5.41) is 2.78. The van der Waals surface area contributed by atoms with Crippen molar-refractivity contribution in [1.29, 1.82) is 0 Å². The van der Waals surface area contributed by atoms with Crippen molar-refractivity contribution in [3.63, 3.8) is 0 Å². The van der Waals surface area contributed by atoms with Crippen molar-refractivity contribution >= 4 is 21.6 Å². The number of sulfonamides is 1. The maximum atomic E-state index is 12.6. The van der Waals surface area contributed by atoms with Gasteiger partial charge >= 0.3 is 0 Å². The number of carbonyl (C=O) groups excluding carboxylic acids is 1. The van der Waals surface area contributed by atoms with Crippen LogP contribution in [0.3, 0.4) is 0 Å². The van der Waals surface area contributed by atoms with Gasteiger partial charge < -0.3 is 10.1 Å². The minimum atomic E-state index is -3.80. The van der Waals surface area contributed by atoms with E-state index in [4.69, 9.17) is 4.74 Å². The van der Waals surface area contributed by atoms with Crippen molar-refractivity contribution in [2.75, 3.05) is 17.9 Å². The lowest BCUT2D eigenvalue weighted by atomic mass is 10.2. The maximum absolute atomic E-state index is 12.6. The van der Waals surface area contributed by atoms with Gasteiger partial charge in [-0.25, -0.2) is 8.42 Å². The molecule has 2 N–H and O–H groups in total. The summed E-state index contributed by atoms with van der Waals surface area (Å²) in [4.78, 5) is 12.2. The molecule has 26 heavy (non-hydrogen) atoms. The first-order valence-corrected chi connectivity index (χ1v) is 9.94. The highest BCUT2D eigenvalue weighted by molar-refractivity contribution is 7.92. The van der Waals surface area contributed by atoms with Crippen LogP contribution in [0.4, 0.5) is 5.69 Å². The van der Waals surface area contributed by atoms with Crippen LogP contribution in [0.1, 0.15) is 31.1 Å². The molecule has 0 saturated heterocycles. The summed E-state index contributed by atoms with van der Waals surface area (Å²) in [6.07, 6.45) is 0. The molecule has 6 nitrogen and oxygen atoms in total. The maximum Gasteiger partial charge on any atom is 0.261 e. The van der Waals surface area contributed by atoms with E-state index in [-0.39, 0.29) is 10.8 Å². The molecule has 0 aliphatic rings. The molecule has 1 amide bonds. The summed E-state index contributed by atoms with van der Waals surface area (Å²) in [5.41, 5.74) is 0.725. The lowest BCUT2D eigenvalue weighted by Gasteiger charge is -2.11. The topological polar surface area (TPSA) is 84.5 Å². The lowest BCUT2D eigenvalue weighted by molar-refractivity contribution is 0.0949. The Balaban J connectivity index is 2.15. The highest BCUT2D eigenvalue weighted by atomic mass is 32.2. The number of hydrogen-bond donors (Lipinski definition) is 2. The highest BCUT2D eigenvalue weighted by Crippen LogP contribution is 2.20. The second-order valence-electron chi connectivity index (χ2n) is 6.19. The third-order valence-corrected chi connectivity index (χ3v) is 4.87. The highest BCUT2D eigenvalue weighted by Gasteiger charge is 2.16. The molecule has 7 heteroatoms. The average Bonchev–Trinajstić information content (AvgIpc) is 2.61. The fraction of sp³-hybridized carbons (Fsp3) is 0.316. The molecule has 2 aromatic rings. The molecule has 0 heterocycles. The Morgan fingerprint density at radius 1 is 1.12 bits per heavy atom. The van der Waals surface area contributed by atoms with Crippen LogP contribution in [0, 0.1) is 5.92 Å². The molecular formula is C19H24N2O4S. The van der Waals surface area contributed by atoms with Gasteiger partial charge in [-0.1, -0.05) is 19.9 Å². The van der Waals surface area contributed by atoms with Crippen LogP contribution in [-0.2, 0) is 10.0 Å². The molecule has 0 fully saturated rings. The van der Waals surface area contributed by atoms with E-state index >= 15 is 0 Å². The Morgan fingerprint density at radius 2 is 1.81 bits per heavy atom. The monoisotopic (exact) mass is 376 g/mol. The largest absolute Gasteiger partial charge is 0.494 e. The third kappa shape index (κ3) is 5.49. The Hall–Kier alpha value is -2.54. The summed E-state index contributed by atoms with van der Waals surface area (Å²) in [7, 11) is -3.80. The van der Waals surface area contributed by atoms with Gasteiger partial charge in [-0.3, -0.25) is 9.52 Å². The number of hydrogen-bond acceptors (Lipinski definition) is 4. The molecule has 0 saturated carbocycles. The van der Waals surface area contributed by atoms with Gasteiger partial charge in [0.15, 0.2) is 0 Å². The van der Waals surface area contributed by atoms with Crippen molar-refractivity contribution < 1.29 is 17.9 Å². The number of benzene rings is 2. The van der Waals surface area contributed by atoms with E-state index in [1.54, 1.807) is 36.4 Å². The fourth-order valence-corrected chi connectivity index (χ4v) is 3.31. The van der Waals surface area contributed by atoms with Gasteiger partial charge in [0.1, 0.15) is 5.75 Å². The molecule has 0 atom stereocenters. The van der Waals surface area contributed by atoms with Gasteiger partial charge in [-0.15, -0.1) is 0 Å². The van der Waals surface area contributed by atoms with E-state index in [9.17, 15) is 13.2 Å². The van der Waals surface area contributed by atoms with Crippen LogP contribution in [0.2, 0.25) is 0 Å². The van der Waals surface area contributed by atoms with Crippen LogP contribution in [0.15, 0.2) is 53.4 Å². The van der Waals surface area contributed by atoms with Crippen LogP contribution in [-0.4, -0.2) is 27.5 Å². The number of amides is 1. The molecule has 0 aliphatic carbocycles. The minimum absolute atomic E-state index is 0.0311. The summed E-state index contributed by atoms with van der Waals surface area (Å²) in [6.45, 7) is 6.92. The molecule has 2 aromatic carbocycles. The normalized spacial score (nSPS) is 11.2. The van der Waals surface area contributed by atoms with Gasteiger partial charge in [-0.05, 0) is 55.3 Å². The van der Waals surface area contributed by atoms with E-state index in [1.807, 2.05) is 20.8 Å². The average molecular weight is 376 g/mol. The third-order valence-electron chi connectivity index (χ3n) is 3.49. The van der Waals surface area contributed by atoms with E-state index in [0.717, 1.165) is 0 Å². The van der Waals surface area contributed by atoms with E-state index < -0.39 is 10.0 Å². The first-order valence-electron chi connectivity index (χ1n) is 8.45. The zero-order chi connectivity index (χ0) is 19.2. The van der Waals surface area contributed by atoms with Crippen molar-refractivity contribution in [3.05, 3.63) is 54.1 Å². The van der Waals surface area contributed by atoms with Gasteiger partial charge in [0.2, 0.25) is 0 Å². The number of ether oxygens (including phenoxy) is 1. The van der Waals surface area contributed by atoms with Gasteiger partial charge in [0, 0.05) is 17.8 Å². The predicted molar refractivity (Wildman–Crippen MR) is 102 cm³/mol. The van der Waals surface area contributed by atoms with Gasteiger partial charge in [0.25, 0.3) is 15.9 Å². The Morgan fingerprint density at radius 3 is 2.42 bits per heavy atom. The molecule has 0 bridgehead atoms. The molecule has 0 spiro atoms. The second kappa shape index (κ2) is 8.71. The van der Waals surface area contributed by atoms with Gasteiger partial charge in [-0.2, -0.15) is 0 Å². The zero-order valence-electron chi connectivity index (χ0n) is 15.2. The molecule has 140 valence electrons. The van der Waals surface area contributed by atoms with Crippen LogP contribution >= 0.6 is 0 Å². The fourth-order valence-electron chi connectivity index (χ4n) is 2.20. The van der Waals surface area contributed by atoms with Crippen LogP contribution in [0.25, 0.3) is 0 Å². The van der Waals surface area contributed by atoms with Crippen molar-refractivity contribution in [1.82, 2.24) is 5.32 Å². The van der Waals surface area contributed by atoms with Crippen molar-refractivity contribution in [3.8, 4) is 5.75 Å². The number of anilines is 1. The van der Waals surface area contributed by atoms with Crippen molar-refractivity contribution in [2.24, 2.45) is 5.92 Å². The summed E-state index contributed by atoms with van der Waals surface area (Å²) in [5.74, 6) is 0.684.